The van der Waals surface area contributed by atoms with Crippen molar-refractivity contribution >= 4 is 23.2 Å². The molecule has 2 aromatic rings. The lowest BCUT2D eigenvalue weighted by atomic mass is 10.1. The summed E-state index contributed by atoms with van der Waals surface area (Å²) in [6.45, 7) is 6.02. The summed E-state index contributed by atoms with van der Waals surface area (Å²) in [6, 6.07) is 9.83. The number of rotatable bonds is 3. The van der Waals surface area contributed by atoms with Gasteiger partial charge < -0.3 is 4.74 Å². The summed E-state index contributed by atoms with van der Waals surface area (Å²) in [5, 5.41) is 0.726. The van der Waals surface area contributed by atoms with Crippen molar-refractivity contribution in [2.24, 2.45) is 0 Å². The molecule has 0 unspecified atom stereocenters. The highest BCUT2D eigenvalue weighted by molar-refractivity contribution is 6.30. The van der Waals surface area contributed by atoms with Crippen LogP contribution in [-0.4, -0.2) is 0 Å². The molecular formula is C16H16Cl2O. The van der Waals surface area contributed by atoms with E-state index in [9.17, 15) is 0 Å². The fourth-order valence-corrected chi connectivity index (χ4v) is 2.62. The van der Waals surface area contributed by atoms with E-state index in [-0.39, 0.29) is 0 Å². The van der Waals surface area contributed by atoms with Crippen molar-refractivity contribution in [3.63, 3.8) is 0 Å². The summed E-state index contributed by atoms with van der Waals surface area (Å²) in [6.07, 6.45) is 0. The Morgan fingerprint density at radius 1 is 1.00 bits per heavy atom. The van der Waals surface area contributed by atoms with Crippen LogP contribution in [0.15, 0.2) is 30.3 Å². The fourth-order valence-electron chi connectivity index (χ4n) is 2.08. The zero-order valence-corrected chi connectivity index (χ0v) is 12.8. The maximum atomic E-state index is 6.03. The molecular weight excluding hydrogens is 279 g/mol. The van der Waals surface area contributed by atoms with Gasteiger partial charge in [-0.25, -0.2) is 0 Å². The second-order valence-electron chi connectivity index (χ2n) is 4.72. The summed E-state index contributed by atoms with van der Waals surface area (Å²) >= 11 is 12.0. The smallest absolute Gasteiger partial charge is 0.133 e. The van der Waals surface area contributed by atoms with Gasteiger partial charge in [-0.1, -0.05) is 29.3 Å². The highest BCUT2D eigenvalue weighted by Crippen LogP contribution is 2.33. The van der Waals surface area contributed by atoms with Crippen LogP contribution in [0.3, 0.4) is 0 Å². The third-order valence-corrected chi connectivity index (χ3v) is 3.50. The van der Waals surface area contributed by atoms with E-state index in [1.165, 1.54) is 5.56 Å². The maximum absolute atomic E-state index is 6.03. The highest BCUT2D eigenvalue weighted by Gasteiger charge is 2.10. The number of ether oxygens (including phenoxy) is 1. The van der Waals surface area contributed by atoms with Crippen molar-refractivity contribution in [2.75, 3.05) is 0 Å². The van der Waals surface area contributed by atoms with Crippen LogP contribution in [0.25, 0.3) is 0 Å². The van der Waals surface area contributed by atoms with Crippen LogP contribution in [0, 0.1) is 20.8 Å². The van der Waals surface area contributed by atoms with E-state index in [1.54, 1.807) is 0 Å². The van der Waals surface area contributed by atoms with E-state index >= 15 is 0 Å². The van der Waals surface area contributed by atoms with Gasteiger partial charge in [0, 0.05) is 10.6 Å². The lowest BCUT2D eigenvalue weighted by molar-refractivity contribution is 0.471. The summed E-state index contributed by atoms with van der Waals surface area (Å²) in [5.41, 5.74) is 4.21. The van der Waals surface area contributed by atoms with Gasteiger partial charge in [0.05, 0.1) is 5.88 Å². The van der Waals surface area contributed by atoms with Crippen LogP contribution >= 0.6 is 23.2 Å². The maximum Gasteiger partial charge on any atom is 0.133 e. The van der Waals surface area contributed by atoms with E-state index in [0.717, 1.165) is 33.2 Å². The van der Waals surface area contributed by atoms with Crippen molar-refractivity contribution in [1.29, 1.82) is 0 Å². The normalized spacial score (nSPS) is 10.6. The first kappa shape index (κ1) is 14.2. The standard InChI is InChI=1S/C16H16Cl2O/c1-10-4-5-15(13(6-10)9-17)19-16-11(2)7-14(18)8-12(16)3/h4-8H,9H2,1-3H3. The average Bonchev–Trinajstić information content (AvgIpc) is 2.35. The zero-order chi connectivity index (χ0) is 14.0. The number of hydrogen-bond acceptors (Lipinski definition) is 1. The Hall–Kier alpha value is -1.18. The molecule has 0 aliphatic rings. The lowest BCUT2D eigenvalue weighted by Crippen LogP contribution is -1.95. The molecule has 2 rings (SSSR count). The topological polar surface area (TPSA) is 9.23 Å². The molecule has 0 fully saturated rings. The minimum atomic E-state index is 0.433. The molecule has 0 aliphatic carbocycles. The third-order valence-electron chi connectivity index (χ3n) is 3.00. The van der Waals surface area contributed by atoms with Crippen LogP contribution in [0.5, 0.6) is 11.5 Å². The van der Waals surface area contributed by atoms with Gasteiger partial charge in [0.2, 0.25) is 0 Å². The average molecular weight is 295 g/mol. The first-order valence-corrected chi connectivity index (χ1v) is 7.02. The summed E-state index contributed by atoms with van der Waals surface area (Å²) < 4.78 is 6.03. The van der Waals surface area contributed by atoms with E-state index in [1.807, 2.05) is 51.1 Å². The van der Waals surface area contributed by atoms with Crippen LogP contribution in [0.1, 0.15) is 22.3 Å². The Balaban J connectivity index is 2.42. The van der Waals surface area contributed by atoms with E-state index < -0.39 is 0 Å². The van der Waals surface area contributed by atoms with Gasteiger partial charge in [-0.15, -0.1) is 11.6 Å². The predicted molar refractivity (Wildman–Crippen MR) is 81.7 cm³/mol. The number of benzene rings is 2. The van der Waals surface area contributed by atoms with Gasteiger partial charge in [0.25, 0.3) is 0 Å². The Labute approximate surface area is 124 Å². The van der Waals surface area contributed by atoms with Gasteiger partial charge in [0.15, 0.2) is 0 Å². The largest absolute Gasteiger partial charge is 0.456 e. The Morgan fingerprint density at radius 2 is 1.63 bits per heavy atom. The van der Waals surface area contributed by atoms with Crippen molar-refractivity contribution in [3.8, 4) is 11.5 Å². The van der Waals surface area contributed by atoms with Crippen molar-refractivity contribution in [3.05, 3.63) is 57.6 Å². The first-order valence-electron chi connectivity index (χ1n) is 6.11. The highest BCUT2D eigenvalue weighted by atomic mass is 35.5. The molecule has 0 bridgehead atoms. The first-order chi connectivity index (χ1) is 9.01. The SMILES string of the molecule is Cc1ccc(Oc2c(C)cc(Cl)cc2C)c(CCl)c1. The molecule has 0 amide bonds. The molecule has 19 heavy (non-hydrogen) atoms. The van der Waals surface area contributed by atoms with Gasteiger partial charge in [-0.2, -0.15) is 0 Å². The van der Waals surface area contributed by atoms with Crippen LogP contribution < -0.4 is 4.74 Å². The molecule has 2 aromatic carbocycles. The van der Waals surface area contributed by atoms with E-state index in [4.69, 9.17) is 27.9 Å². The molecule has 0 N–H and O–H groups in total. The van der Waals surface area contributed by atoms with Gasteiger partial charge >= 0.3 is 0 Å². The molecule has 100 valence electrons. The zero-order valence-electron chi connectivity index (χ0n) is 11.3. The van der Waals surface area contributed by atoms with Crippen molar-refractivity contribution < 1.29 is 4.74 Å². The van der Waals surface area contributed by atoms with Crippen molar-refractivity contribution in [2.45, 2.75) is 26.7 Å². The molecule has 0 radical (unpaired) electrons. The molecule has 3 heteroatoms. The minimum absolute atomic E-state index is 0.433. The third kappa shape index (κ3) is 3.23. The second kappa shape index (κ2) is 5.85. The predicted octanol–water partition coefficient (Wildman–Crippen LogP) is 5.80. The molecule has 0 saturated carbocycles. The molecule has 0 heterocycles. The fraction of sp³-hybridized carbons (Fsp3) is 0.250. The Morgan fingerprint density at radius 3 is 2.21 bits per heavy atom. The van der Waals surface area contributed by atoms with Gasteiger partial charge in [0.1, 0.15) is 11.5 Å². The number of hydrogen-bond donors (Lipinski definition) is 0. The second-order valence-corrected chi connectivity index (χ2v) is 5.42. The summed E-state index contributed by atoms with van der Waals surface area (Å²) in [4.78, 5) is 0. The van der Waals surface area contributed by atoms with Gasteiger partial charge in [-0.05, 0) is 50.1 Å². The Bertz CT molecular complexity index is 583. The number of halogens is 2. The van der Waals surface area contributed by atoms with Gasteiger partial charge in [-0.3, -0.25) is 0 Å². The van der Waals surface area contributed by atoms with Crippen molar-refractivity contribution in [1.82, 2.24) is 0 Å². The lowest BCUT2D eigenvalue weighted by Gasteiger charge is -2.15. The van der Waals surface area contributed by atoms with Crippen LogP contribution in [0.2, 0.25) is 5.02 Å². The molecule has 0 spiro atoms. The number of aryl methyl sites for hydroxylation is 3. The molecule has 0 atom stereocenters. The van der Waals surface area contributed by atoms with Crippen LogP contribution in [0.4, 0.5) is 0 Å². The molecule has 0 aromatic heterocycles. The molecule has 1 nitrogen and oxygen atoms in total. The minimum Gasteiger partial charge on any atom is -0.456 e. The molecule has 0 saturated heterocycles. The molecule has 0 aliphatic heterocycles. The Kier molecular flexibility index (Phi) is 4.38. The monoisotopic (exact) mass is 294 g/mol. The van der Waals surface area contributed by atoms with E-state index in [0.29, 0.717) is 5.88 Å². The number of alkyl halides is 1. The van der Waals surface area contributed by atoms with Crippen LogP contribution in [-0.2, 0) is 5.88 Å². The quantitative estimate of drug-likeness (QED) is 0.650. The summed E-state index contributed by atoms with van der Waals surface area (Å²) in [5.74, 6) is 2.08. The van der Waals surface area contributed by atoms with E-state index in [2.05, 4.69) is 0 Å². The summed E-state index contributed by atoms with van der Waals surface area (Å²) in [7, 11) is 0.